The third-order valence-electron chi connectivity index (χ3n) is 3.50. The average Bonchev–Trinajstić information content (AvgIpc) is 2.64. The van der Waals surface area contributed by atoms with Gasteiger partial charge in [0.05, 0.1) is 28.1 Å². The molecule has 3 aromatic rings. The van der Waals surface area contributed by atoms with Crippen molar-refractivity contribution in [2.75, 3.05) is 5.32 Å². The zero-order valence-corrected chi connectivity index (χ0v) is 14.9. The Kier molecular flexibility index (Phi) is 5.65. The summed E-state index contributed by atoms with van der Waals surface area (Å²) in [6, 6.07) is 11.3. The summed E-state index contributed by atoms with van der Waals surface area (Å²) in [5.74, 6) is -0.455. The number of nitrogens with one attached hydrogen (secondary N) is 2. The molecular formula is C18H13Cl2FN4O. The number of carbonyl (C=O) groups is 1. The van der Waals surface area contributed by atoms with E-state index in [0.717, 1.165) is 0 Å². The largest absolute Gasteiger partial charge is 0.346 e. The predicted molar refractivity (Wildman–Crippen MR) is 99.3 cm³/mol. The topological polar surface area (TPSA) is 66.9 Å². The molecule has 0 radical (unpaired) electrons. The van der Waals surface area contributed by atoms with E-state index in [1.165, 1.54) is 18.5 Å². The fraction of sp³-hybridized carbons (Fsp3) is 0.0556. The first kappa shape index (κ1) is 18.1. The van der Waals surface area contributed by atoms with Gasteiger partial charge in [0, 0.05) is 12.1 Å². The lowest BCUT2D eigenvalue weighted by atomic mass is 10.2. The molecule has 0 unspecified atom stereocenters. The van der Waals surface area contributed by atoms with Crippen LogP contribution >= 0.6 is 23.2 Å². The van der Waals surface area contributed by atoms with Gasteiger partial charge in [0.25, 0.3) is 5.91 Å². The van der Waals surface area contributed by atoms with Crippen molar-refractivity contribution < 1.29 is 9.18 Å². The molecule has 2 aromatic carbocycles. The normalized spacial score (nSPS) is 10.4. The van der Waals surface area contributed by atoms with E-state index in [1.807, 2.05) is 0 Å². The molecule has 132 valence electrons. The molecule has 8 heteroatoms. The van der Waals surface area contributed by atoms with Crippen molar-refractivity contribution in [3.05, 3.63) is 82.0 Å². The smallest absolute Gasteiger partial charge is 0.271 e. The molecule has 0 spiro atoms. The SMILES string of the molecule is O=C(NCc1ccccc1F)c1cnc(Nc2c(Cl)cccc2Cl)cn1. The highest BCUT2D eigenvalue weighted by Gasteiger charge is 2.11. The second kappa shape index (κ2) is 8.12. The monoisotopic (exact) mass is 390 g/mol. The van der Waals surface area contributed by atoms with Gasteiger partial charge < -0.3 is 10.6 Å². The Labute approximate surface area is 159 Å². The quantitative estimate of drug-likeness (QED) is 0.668. The molecule has 0 aliphatic heterocycles. The molecule has 26 heavy (non-hydrogen) atoms. The highest BCUT2D eigenvalue weighted by molar-refractivity contribution is 6.39. The maximum absolute atomic E-state index is 13.6. The van der Waals surface area contributed by atoms with Gasteiger partial charge in [-0.05, 0) is 18.2 Å². The second-order valence-corrected chi connectivity index (χ2v) is 6.10. The number of hydrogen-bond acceptors (Lipinski definition) is 4. The molecule has 5 nitrogen and oxygen atoms in total. The van der Waals surface area contributed by atoms with Gasteiger partial charge in [-0.25, -0.2) is 14.4 Å². The van der Waals surface area contributed by atoms with E-state index in [2.05, 4.69) is 20.6 Å². The number of halogens is 3. The summed E-state index contributed by atoms with van der Waals surface area (Å²) in [6.07, 6.45) is 2.70. The van der Waals surface area contributed by atoms with Crippen LogP contribution in [-0.4, -0.2) is 15.9 Å². The Morgan fingerprint density at radius 2 is 1.73 bits per heavy atom. The molecule has 0 atom stereocenters. The predicted octanol–water partition coefficient (Wildman–Crippen LogP) is 4.60. The Morgan fingerprint density at radius 3 is 2.38 bits per heavy atom. The molecule has 2 N–H and O–H groups in total. The lowest BCUT2D eigenvalue weighted by Gasteiger charge is -2.10. The lowest BCUT2D eigenvalue weighted by molar-refractivity contribution is 0.0945. The standard InChI is InChI=1S/C18H13Cl2FN4O/c19-12-5-3-6-13(20)17(12)25-16-10-22-15(9-23-16)18(26)24-8-11-4-1-2-7-14(11)21/h1-7,9-10H,8H2,(H,23,25)(H,24,26). The molecule has 3 rings (SSSR count). The Morgan fingerprint density at radius 1 is 1.00 bits per heavy atom. The Hall–Kier alpha value is -2.70. The van der Waals surface area contributed by atoms with Crippen LogP contribution in [0.2, 0.25) is 10.0 Å². The van der Waals surface area contributed by atoms with Gasteiger partial charge >= 0.3 is 0 Å². The van der Waals surface area contributed by atoms with Crippen LogP contribution in [0, 0.1) is 5.82 Å². The third kappa shape index (κ3) is 4.28. The number of para-hydroxylation sites is 1. The van der Waals surface area contributed by atoms with Crippen molar-refractivity contribution >= 4 is 40.6 Å². The van der Waals surface area contributed by atoms with Crippen molar-refractivity contribution in [1.29, 1.82) is 0 Å². The molecule has 1 aromatic heterocycles. The van der Waals surface area contributed by atoms with Crippen LogP contribution in [0.1, 0.15) is 16.1 Å². The first-order valence-corrected chi connectivity index (χ1v) is 8.35. The average molecular weight is 391 g/mol. The Balaban J connectivity index is 1.65. The van der Waals surface area contributed by atoms with Crippen molar-refractivity contribution in [1.82, 2.24) is 15.3 Å². The van der Waals surface area contributed by atoms with Crippen molar-refractivity contribution in [2.45, 2.75) is 6.54 Å². The summed E-state index contributed by atoms with van der Waals surface area (Å²) < 4.78 is 13.6. The van der Waals surface area contributed by atoms with Crippen LogP contribution in [0.5, 0.6) is 0 Å². The van der Waals surface area contributed by atoms with Crippen LogP contribution in [0.3, 0.4) is 0 Å². The summed E-state index contributed by atoms with van der Waals surface area (Å²) >= 11 is 12.2. The molecule has 0 aliphatic carbocycles. The van der Waals surface area contributed by atoms with Crippen molar-refractivity contribution in [3.8, 4) is 0 Å². The third-order valence-corrected chi connectivity index (χ3v) is 4.13. The highest BCUT2D eigenvalue weighted by Crippen LogP contribution is 2.31. The number of nitrogens with zero attached hydrogens (tertiary/aromatic N) is 2. The van der Waals surface area contributed by atoms with Gasteiger partial charge in [-0.1, -0.05) is 47.5 Å². The highest BCUT2D eigenvalue weighted by atomic mass is 35.5. The minimum absolute atomic E-state index is 0.0580. The van der Waals surface area contributed by atoms with E-state index < -0.39 is 5.91 Å². The molecule has 0 fully saturated rings. The number of aromatic nitrogens is 2. The summed E-state index contributed by atoms with van der Waals surface area (Å²) in [5.41, 5.74) is 1.000. The lowest BCUT2D eigenvalue weighted by Crippen LogP contribution is -2.24. The first-order chi connectivity index (χ1) is 12.5. The summed E-state index contributed by atoms with van der Waals surface area (Å²) in [6.45, 7) is 0.0580. The number of benzene rings is 2. The summed E-state index contributed by atoms with van der Waals surface area (Å²) in [5, 5.41) is 6.42. The van der Waals surface area contributed by atoms with Crippen LogP contribution in [0.15, 0.2) is 54.9 Å². The second-order valence-electron chi connectivity index (χ2n) is 5.28. The fourth-order valence-corrected chi connectivity index (χ4v) is 2.65. The molecule has 0 bridgehead atoms. The van der Waals surface area contributed by atoms with E-state index in [-0.39, 0.29) is 18.1 Å². The maximum Gasteiger partial charge on any atom is 0.271 e. The summed E-state index contributed by atoms with van der Waals surface area (Å²) in [4.78, 5) is 20.3. The first-order valence-electron chi connectivity index (χ1n) is 7.59. The molecule has 0 aliphatic rings. The van der Waals surface area contributed by atoms with E-state index in [1.54, 1.807) is 36.4 Å². The minimum atomic E-state index is -0.455. The van der Waals surface area contributed by atoms with Crippen LogP contribution in [0.25, 0.3) is 0 Å². The molecule has 1 heterocycles. The van der Waals surface area contributed by atoms with Crippen LogP contribution in [0.4, 0.5) is 15.9 Å². The minimum Gasteiger partial charge on any atom is -0.346 e. The van der Waals surface area contributed by atoms with Crippen LogP contribution in [-0.2, 0) is 6.54 Å². The van der Waals surface area contributed by atoms with Gasteiger partial charge in [-0.3, -0.25) is 4.79 Å². The van der Waals surface area contributed by atoms with E-state index in [4.69, 9.17) is 23.2 Å². The maximum atomic E-state index is 13.6. The van der Waals surface area contributed by atoms with Gasteiger partial charge in [-0.2, -0.15) is 0 Å². The van der Waals surface area contributed by atoms with Gasteiger partial charge in [-0.15, -0.1) is 0 Å². The molecule has 1 amide bonds. The number of anilines is 2. The number of rotatable bonds is 5. The molecule has 0 saturated heterocycles. The van der Waals surface area contributed by atoms with Crippen molar-refractivity contribution in [3.63, 3.8) is 0 Å². The van der Waals surface area contributed by atoms with E-state index >= 15 is 0 Å². The van der Waals surface area contributed by atoms with Crippen molar-refractivity contribution in [2.24, 2.45) is 0 Å². The zero-order valence-electron chi connectivity index (χ0n) is 13.3. The van der Waals surface area contributed by atoms with Crippen LogP contribution < -0.4 is 10.6 Å². The molecule has 0 saturated carbocycles. The zero-order chi connectivity index (χ0) is 18.5. The molecular weight excluding hydrogens is 378 g/mol. The number of amides is 1. The summed E-state index contributed by atoms with van der Waals surface area (Å²) in [7, 11) is 0. The number of hydrogen-bond donors (Lipinski definition) is 2. The fourth-order valence-electron chi connectivity index (χ4n) is 2.16. The van der Waals surface area contributed by atoms with E-state index in [9.17, 15) is 9.18 Å². The van der Waals surface area contributed by atoms with E-state index in [0.29, 0.717) is 27.1 Å². The van der Waals surface area contributed by atoms with Gasteiger partial charge in [0.2, 0.25) is 0 Å². The Bertz CT molecular complexity index is 914. The van der Waals surface area contributed by atoms with Gasteiger partial charge in [0.15, 0.2) is 0 Å². The van der Waals surface area contributed by atoms with Gasteiger partial charge in [0.1, 0.15) is 17.3 Å². The number of carbonyl (C=O) groups excluding carboxylic acids is 1.